The summed E-state index contributed by atoms with van der Waals surface area (Å²) < 4.78 is 31.0. The van der Waals surface area contributed by atoms with Gasteiger partial charge in [-0.2, -0.15) is 9.40 Å². The predicted octanol–water partition coefficient (Wildman–Crippen LogP) is 0.176. The Morgan fingerprint density at radius 3 is 2.89 bits per heavy atom. The van der Waals surface area contributed by atoms with Crippen LogP contribution in [-0.2, 0) is 21.3 Å². The number of hydrogen-bond acceptors (Lipinski definition) is 5. The summed E-state index contributed by atoms with van der Waals surface area (Å²) in [5, 5.41) is 9.65. The zero-order valence-electron chi connectivity index (χ0n) is 11.6. The second-order valence-electron chi connectivity index (χ2n) is 4.18. The summed E-state index contributed by atoms with van der Waals surface area (Å²) in [4.78, 5) is 0. The summed E-state index contributed by atoms with van der Waals surface area (Å²) >= 11 is 0. The van der Waals surface area contributed by atoms with Crippen molar-refractivity contribution < 1.29 is 13.2 Å². The van der Waals surface area contributed by atoms with Gasteiger partial charge in [-0.3, -0.25) is 5.10 Å². The van der Waals surface area contributed by atoms with E-state index in [1.807, 2.05) is 6.92 Å². The normalized spacial score (nSPS) is 12.2. The van der Waals surface area contributed by atoms with Gasteiger partial charge in [-0.15, -0.1) is 0 Å². The summed E-state index contributed by atoms with van der Waals surface area (Å²) in [6, 6.07) is 0. The number of nitrogens with zero attached hydrogens (tertiary/aromatic N) is 2. The van der Waals surface area contributed by atoms with Crippen molar-refractivity contribution >= 4 is 10.0 Å². The third-order valence-corrected chi connectivity index (χ3v) is 4.61. The van der Waals surface area contributed by atoms with Gasteiger partial charge in [-0.1, -0.05) is 6.92 Å². The number of rotatable bonds is 9. The molecule has 0 aliphatic carbocycles. The second-order valence-corrected chi connectivity index (χ2v) is 6.16. The fourth-order valence-corrected chi connectivity index (χ4v) is 2.92. The number of sulfonamides is 1. The molecule has 7 nitrogen and oxygen atoms in total. The Hall–Kier alpha value is -0.960. The van der Waals surface area contributed by atoms with E-state index in [-0.39, 0.29) is 5.03 Å². The lowest BCUT2D eigenvalue weighted by atomic mass is 10.3. The van der Waals surface area contributed by atoms with Crippen LogP contribution in [0.5, 0.6) is 0 Å². The molecule has 0 aliphatic rings. The standard InChI is InChI=1S/C11H22N4O3S/c1-4-12-8-10-9-13-14-11(10)19(16,17)15(2)6-5-7-18-3/h9,12H,4-8H2,1-3H3,(H,13,14). The van der Waals surface area contributed by atoms with Gasteiger partial charge in [0.1, 0.15) is 0 Å². The number of nitrogens with one attached hydrogen (secondary N) is 2. The third kappa shape index (κ3) is 4.27. The van der Waals surface area contributed by atoms with Crippen molar-refractivity contribution in [3.63, 3.8) is 0 Å². The van der Waals surface area contributed by atoms with E-state index < -0.39 is 10.0 Å². The number of hydrogen-bond donors (Lipinski definition) is 2. The minimum absolute atomic E-state index is 0.161. The number of aromatic amines is 1. The van der Waals surface area contributed by atoms with Crippen LogP contribution in [0.4, 0.5) is 0 Å². The molecular formula is C11H22N4O3S. The minimum atomic E-state index is -3.52. The van der Waals surface area contributed by atoms with Crippen LogP contribution in [0, 0.1) is 0 Å². The zero-order chi connectivity index (χ0) is 14.3. The first kappa shape index (κ1) is 16.1. The molecule has 8 heteroatoms. The molecule has 0 radical (unpaired) electrons. The molecule has 0 bridgehead atoms. The van der Waals surface area contributed by atoms with E-state index in [1.165, 1.54) is 4.31 Å². The first-order valence-electron chi connectivity index (χ1n) is 6.22. The Morgan fingerprint density at radius 2 is 2.26 bits per heavy atom. The van der Waals surface area contributed by atoms with E-state index in [0.29, 0.717) is 31.7 Å². The molecule has 0 saturated heterocycles. The third-order valence-electron chi connectivity index (χ3n) is 2.73. The van der Waals surface area contributed by atoms with Crippen LogP contribution in [-0.4, -0.2) is 56.8 Å². The Bertz CT molecular complexity index is 472. The van der Waals surface area contributed by atoms with E-state index in [0.717, 1.165) is 6.54 Å². The van der Waals surface area contributed by atoms with E-state index in [9.17, 15) is 8.42 Å². The van der Waals surface area contributed by atoms with Gasteiger partial charge in [0.25, 0.3) is 10.0 Å². The second kappa shape index (κ2) is 7.59. The van der Waals surface area contributed by atoms with Gasteiger partial charge in [0.05, 0.1) is 6.20 Å². The van der Waals surface area contributed by atoms with Crippen LogP contribution in [0.15, 0.2) is 11.2 Å². The highest BCUT2D eigenvalue weighted by molar-refractivity contribution is 7.89. The summed E-state index contributed by atoms with van der Waals surface area (Å²) in [6.45, 7) is 4.16. The molecule has 0 aromatic carbocycles. The highest BCUT2D eigenvalue weighted by atomic mass is 32.2. The number of methoxy groups -OCH3 is 1. The summed E-state index contributed by atoms with van der Waals surface area (Å²) in [5.74, 6) is 0. The smallest absolute Gasteiger partial charge is 0.260 e. The van der Waals surface area contributed by atoms with Gasteiger partial charge < -0.3 is 10.1 Å². The molecule has 0 unspecified atom stereocenters. The first-order valence-corrected chi connectivity index (χ1v) is 7.66. The topological polar surface area (TPSA) is 87.3 Å². The molecule has 0 amide bonds. The highest BCUT2D eigenvalue weighted by Crippen LogP contribution is 2.16. The number of ether oxygens (including phenoxy) is 1. The highest BCUT2D eigenvalue weighted by Gasteiger charge is 2.25. The quantitative estimate of drug-likeness (QED) is 0.633. The van der Waals surface area contributed by atoms with Gasteiger partial charge in [0, 0.05) is 39.4 Å². The van der Waals surface area contributed by atoms with Gasteiger partial charge in [0.15, 0.2) is 5.03 Å². The predicted molar refractivity (Wildman–Crippen MR) is 72.3 cm³/mol. The largest absolute Gasteiger partial charge is 0.385 e. The molecule has 0 saturated carbocycles. The van der Waals surface area contributed by atoms with Crippen molar-refractivity contribution in [2.24, 2.45) is 0 Å². The van der Waals surface area contributed by atoms with Crippen molar-refractivity contribution in [2.45, 2.75) is 24.9 Å². The molecule has 2 N–H and O–H groups in total. The van der Waals surface area contributed by atoms with E-state index in [4.69, 9.17) is 4.74 Å². The van der Waals surface area contributed by atoms with Crippen LogP contribution in [0.2, 0.25) is 0 Å². The SMILES string of the molecule is CCNCc1cn[nH]c1S(=O)(=O)N(C)CCCOC. The molecule has 110 valence electrons. The molecule has 0 fully saturated rings. The molecule has 1 aromatic heterocycles. The summed E-state index contributed by atoms with van der Waals surface area (Å²) in [7, 11) is -0.364. The molecule has 0 atom stereocenters. The van der Waals surface area contributed by atoms with Crippen molar-refractivity contribution in [1.82, 2.24) is 19.8 Å². The lowest BCUT2D eigenvalue weighted by molar-refractivity contribution is 0.189. The average molecular weight is 290 g/mol. The maximum atomic E-state index is 12.4. The Balaban J connectivity index is 2.78. The summed E-state index contributed by atoms with van der Waals surface area (Å²) in [6.07, 6.45) is 2.20. The van der Waals surface area contributed by atoms with Crippen LogP contribution in [0.3, 0.4) is 0 Å². The Labute approximate surface area is 114 Å². The summed E-state index contributed by atoms with van der Waals surface area (Å²) in [5.41, 5.74) is 0.653. The molecular weight excluding hydrogens is 268 g/mol. The number of H-pyrrole nitrogens is 1. The van der Waals surface area contributed by atoms with Gasteiger partial charge in [0.2, 0.25) is 0 Å². The number of aromatic nitrogens is 2. The van der Waals surface area contributed by atoms with Crippen molar-refractivity contribution in [3.8, 4) is 0 Å². The van der Waals surface area contributed by atoms with Crippen LogP contribution in [0.1, 0.15) is 18.9 Å². The molecule has 1 heterocycles. The maximum absolute atomic E-state index is 12.4. The molecule has 1 aromatic rings. The van der Waals surface area contributed by atoms with Crippen molar-refractivity contribution in [3.05, 3.63) is 11.8 Å². The lowest BCUT2D eigenvalue weighted by Gasteiger charge is -2.16. The maximum Gasteiger partial charge on any atom is 0.260 e. The molecule has 19 heavy (non-hydrogen) atoms. The Kier molecular flexibility index (Phi) is 6.43. The fraction of sp³-hybridized carbons (Fsp3) is 0.727. The minimum Gasteiger partial charge on any atom is -0.385 e. The average Bonchev–Trinajstić information content (AvgIpc) is 2.85. The molecule has 0 aliphatic heterocycles. The van der Waals surface area contributed by atoms with E-state index in [2.05, 4.69) is 15.5 Å². The Morgan fingerprint density at radius 1 is 1.53 bits per heavy atom. The van der Waals surface area contributed by atoms with Gasteiger partial charge >= 0.3 is 0 Å². The monoisotopic (exact) mass is 290 g/mol. The van der Waals surface area contributed by atoms with Gasteiger partial charge in [-0.05, 0) is 13.0 Å². The first-order chi connectivity index (χ1) is 9.04. The van der Waals surface area contributed by atoms with E-state index >= 15 is 0 Å². The van der Waals surface area contributed by atoms with Gasteiger partial charge in [-0.25, -0.2) is 8.42 Å². The molecule has 1 rings (SSSR count). The van der Waals surface area contributed by atoms with Crippen molar-refractivity contribution in [2.75, 3.05) is 33.9 Å². The molecule has 0 spiro atoms. The van der Waals surface area contributed by atoms with Crippen LogP contribution >= 0.6 is 0 Å². The van der Waals surface area contributed by atoms with Crippen LogP contribution in [0.25, 0.3) is 0 Å². The fourth-order valence-electron chi connectivity index (χ4n) is 1.62. The van der Waals surface area contributed by atoms with E-state index in [1.54, 1.807) is 20.4 Å². The lowest BCUT2D eigenvalue weighted by Crippen LogP contribution is -2.30. The van der Waals surface area contributed by atoms with Crippen molar-refractivity contribution in [1.29, 1.82) is 0 Å². The van der Waals surface area contributed by atoms with Crippen LogP contribution < -0.4 is 5.32 Å². The zero-order valence-corrected chi connectivity index (χ0v) is 12.5.